The molecule has 0 saturated carbocycles. The second-order valence-corrected chi connectivity index (χ2v) is 16.1. The molecule has 0 aliphatic rings. The Balaban J connectivity index is 4.46. The molecule has 0 radical (unpaired) electrons. The number of carbonyl (C=O) groups is 3. The molecule has 334 valence electrons. The Kier molecular flexibility index (Phi) is 44.5. The first kappa shape index (κ1) is 55.1. The average Bonchev–Trinajstić information content (AvgIpc) is 3.22. The minimum absolute atomic E-state index is 0.0997. The van der Waals surface area contributed by atoms with E-state index >= 15 is 0 Å². The topological polar surface area (TPSA) is 78.9 Å². The molecule has 1 unspecified atom stereocenters. The number of carbonyl (C=O) groups excluding carboxylic acids is 3. The zero-order valence-electron chi connectivity index (χ0n) is 38.0. The van der Waals surface area contributed by atoms with Gasteiger partial charge < -0.3 is 14.2 Å². The highest BCUT2D eigenvalue weighted by Crippen LogP contribution is 2.15. The number of allylic oxidation sites excluding steroid dienone is 10. The SMILES string of the molecule is CC\C=C/C=C\C=C/C=C\C=C/CCCC(=O)OC(COC(=O)CCCCCCCCCCCCCCC)COC(=O)CCCCCCCCCCCCCCCC. The molecule has 0 aromatic heterocycles. The van der Waals surface area contributed by atoms with Gasteiger partial charge >= 0.3 is 17.9 Å². The summed E-state index contributed by atoms with van der Waals surface area (Å²) in [5.74, 6) is -0.970. The Labute approximate surface area is 358 Å². The predicted molar refractivity (Wildman–Crippen MR) is 247 cm³/mol. The summed E-state index contributed by atoms with van der Waals surface area (Å²) in [5, 5.41) is 0. The molecule has 6 heteroatoms. The van der Waals surface area contributed by atoms with Crippen LogP contribution in [0.25, 0.3) is 0 Å². The molecule has 0 aromatic carbocycles. The molecule has 58 heavy (non-hydrogen) atoms. The van der Waals surface area contributed by atoms with Gasteiger partial charge in [0.2, 0.25) is 0 Å². The van der Waals surface area contributed by atoms with Crippen molar-refractivity contribution in [3.63, 3.8) is 0 Å². The van der Waals surface area contributed by atoms with E-state index in [1.807, 2.05) is 54.7 Å². The molecule has 0 spiro atoms. The van der Waals surface area contributed by atoms with Crippen molar-refractivity contribution >= 4 is 17.9 Å². The van der Waals surface area contributed by atoms with Gasteiger partial charge in [0.05, 0.1) is 0 Å². The van der Waals surface area contributed by atoms with Gasteiger partial charge in [0.1, 0.15) is 13.2 Å². The Hall–Kier alpha value is -2.89. The lowest BCUT2D eigenvalue weighted by Gasteiger charge is -2.18. The van der Waals surface area contributed by atoms with Crippen molar-refractivity contribution in [3.05, 3.63) is 60.8 Å². The number of hydrogen-bond donors (Lipinski definition) is 0. The van der Waals surface area contributed by atoms with Crippen LogP contribution in [0.5, 0.6) is 0 Å². The first-order valence-electron chi connectivity index (χ1n) is 24.4. The molecule has 0 aromatic rings. The molecule has 0 saturated heterocycles. The highest BCUT2D eigenvalue weighted by molar-refractivity contribution is 5.71. The van der Waals surface area contributed by atoms with Crippen molar-refractivity contribution in [1.29, 1.82) is 0 Å². The Morgan fingerprint density at radius 1 is 0.362 bits per heavy atom. The second kappa shape index (κ2) is 46.8. The lowest BCUT2D eigenvalue weighted by Crippen LogP contribution is -2.30. The zero-order chi connectivity index (χ0) is 42.3. The smallest absolute Gasteiger partial charge is 0.306 e. The summed E-state index contributed by atoms with van der Waals surface area (Å²) in [5.41, 5.74) is 0. The number of hydrogen-bond acceptors (Lipinski definition) is 6. The number of esters is 3. The summed E-state index contributed by atoms with van der Waals surface area (Å²) in [6.45, 7) is 6.43. The standard InChI is InChI=1S/C52H90O6/c1-4-7-10-13-16-19-22-25-28-30-33-36-39-42-45-51(54)57-48-49(58-52(55)46-43-40-37-34-31-27-24-21-18-15-12-9-6-3)47-56-50(53)44-41-38-35-32-29-26-23-20-17-14-11-8-5-2/h9,12,15,18,21,24,27,31,34,37,49H,4-8,10-11,13-14,16-17,19-20,22-23,25-26,28-30,32-33,35-36,38-48H2,1-3H3/b12-9-,18-15-,24-21-,31-27-,37-34-. The fraction of sp³-hybridized carbons (Fsp3) is 0.750. The first-order chi connectivity index (χ1) is 28.5. The largest absolute Gasteiger partial charge is 0.462 e. The van der Waals surface area contributed by atoms with Gasteiger partial charge in [0.15, 0.2) is 6.10 Å². The fourth-order valence-corrected chi connectivity index (χ4v) is 6.77. The molecule has 0 amide bonds. The van der Waals surface area contributed by atoms with Crippen LogP contribution in [0.2, 0.25) is 0 Å². The van der Waals surface area contributed by atoms with E-state index in [1.54, 1.807) is 0 Å². The molecule has 6 nitrogen and oxygen atoms in total. The molecule has 1 atom stereocenters. The van der Waals surface area contributed by atoms with Crippen LogP contribution in [0.4, 0.5) is 0 Å². The number of rotatable bonds is 43. The molecule has 0 fully saturated rings. The summed E-state index contributed by atoms with van der Waals surface area (Å²) in [6, 6.07) is 0. The molecule has 0 N–H and O–H groups in total. The molecule has 0 aliphatic heterocycles. The maximum Gasteiger partial charge on any atom is 0.306 e. The maximum absolute atomic E-state index is 12.7. The minimum atomic E-state index is -0.805. The van der Waals surface area contributed by atoms with Crippen molar-refractivity contribution in [3.8, 4) is 0 Å². The van der Waals surface area contributed by atoms with Gasteiger partial charge in [-0.2, -0.15) is 0 Å². The summed E-state index contributed by atoms with van der Waals surface area (Å²) in [4.78, 5) is 37.8. The van der Waals surface area contributed by atoms with Gasteiger partial charge in [0.25, 0.3) is 0 Å². The molecule has 0 aliphatic carbocycles. The molecule has 0 heterocycles. The third-order valence-corrected chi connectivity index (χ3v) is 10.4. The summed E-state index contributed by atoms with van der Waals surface area (Å²) >= 11 is 0. The van der Waals surface area contributed by atoms with Crippen LogP contribution in [-0.4, -0.2) is 37.2 Å². The van der Waals surface area contributed by atoms with Crippen molar-refractivity contribution < 1.29 is 28.6 Å². The fourth-order valence-electron chi connectivity index (χ4n) is 6.77. The van der Waals surface area contributed by atoms with Gasteiger partial charge in [-0.05, 0) is 32.1 Å². The van der Waals surface area contributed by atoms with Gasteiger partial charge in [-0.3, -0.25) is 14.4 Å². The van der Waals surface area contributed by atoms with Crippen LogP contribution < -0.4 is 0 Å². The highest BCUT2D eigenvalue weighted by Gasteiger charge is 2.19. The van der Waals surface area contributed by atoms with Crippen molar-refractivity contribution in [2.45, 2.75) is 239 Å². The third-order valence-electron chi connectivity index (χ3n) is 10.4. The van der Waals surface area contributed by atoms with Crippen molar-refractivity contribution in [1.82, 2.24) is 0 Å². The van der Waals surface area contributed by atoms with E-state index in [2.05, 4.69) is 26.8 Å². The van der Waals surface area contributed by atoms with E-state index in [1.165, 1.54) is 135 Å². The van der Waals surface area contributed by atoms with Crippen LogP contribution in [0.1, 0.15) is 233 Å². The second-order valence-electron chi connectivity index (χ2n) is 16.1. The monoisotopic (exact) mass is 811 g/mol. The molecule has 0 rings (SSSR count). The first-order valence-corrected chi connectivity index (χ1v) is 24.4. The zero-order valence-corrected chi connectivity index (χ0v) is 38.0. The lowest BCUT2D eigenvalue weighted by atomic mass is 10.0. The normalized spacial score (nSPS) is 12.5. The van der Waals surface area contributed by atoms with E-state index in [0.717, 1.165) is 51.4 Å². The molecular formula is C52H90O6. The predicted octanol–water partition coefficient (Wildman–Crippen LogP) is 15.7. The van der Waals surface area contributed by atoms with Crippen LogP contribution in [-0.2, 0) is 28.6 Å². The number of unbranched alkanes of at least 4 members (excludes halogenated alkanes) is 26. The third kappa shape index (κ3) is 44.2. The van der Waals surface area contributed by atoms with Crippen LogP contribution >= 0.6 is 0 Å². The average molecular weight is 811 g/mol. The Morgan fingerprint density at radius 3 is 1.03 bits per heavy atom. The van der Waals surface area contributed by atoms with E-state index in [4.69, 9.17) is 14.2 Å². The summed E-state index contributed by atoms with van der Waals surface area (Å²) in [7, 11) is 0. The quantitative estimate of drug-likeness (QED) is 0.0264. The van der Waals surface area contributed by atoms with E-state index in [9.17, 15) is 14.4 Å². The van der Waals surface area contributed by atoms with Crippen LogP contribution in [0.15, 0.2) is 60.8 Å². The summed E-state index contributed by atoms with van der Waals surface area (Å²) < 4.78 is 16.7. The van der Waals surface area contributed by atoms with Crippen molar-refractivity contribution in [2.24, 2.45) is 0 Å². The van der Waals surface area contributed by atoms with Gasteiger partial charge in [-0.1, -0.05) is 242 Å². The molecule has 0 bridgehead atoms. The van der Waals surface area contributed by atoms with Crippen LogP contribution in [0.3, 0.4) is 0 Å². The van der Waals surface area contributed by atoms with Crippen LogP contribution in [0, 0.1) is 0 Å². The van der Waals surface area contributed by atoms with Gasteiger partial charge in [-0.25, -0.2) is 0 Å². The maximum atomic E-state index is 12.7. The summed E-state index contributed by atoms with van der Waals surface area (Å²) in [6.07, 6.45) is 56.4. The van der Waals surface area contributed by atoms with E-state index in [0.29, 0.717) is 19.3 Å². The number of ether oxygens (including phenoxy) is 3. The highest BCUT2D eigenvalue weighted by atomic mass is 16.6. The van der Waals surface area contributed by atoms with E-state index < -0.39 is 6.10 Å². The molecular weight excluding hydrogens is 721 g/mol. The minimum Gasteiger partial charge on any atom is -0.462 e. The van der Waals surface area contributed by atoms with E-state index in [-0.39, 0.29) is 37.5 Å². The lowest BCUT2D eigenvalue weighted by molar-refractivity contribution is -0.167. The van der Waals surface area contributed by atoms with Crippen molar-refractivity contribution in [2.75, 3.05) is 13.2 Å². The Bertz CT molecular complexity index is 1070. The van der Waals surface area contributed by atoms with Gasteiger partial charge in [-0.15, -0.1) is 0 Å². The Morgan fingerprint density at radius 2 is 0.672 bits per heavy atom. The van der Waals surface area contributed by atoms with Gasteiger partial charge in [0, 0.05) is 19.3 Å².